The summed E-state index contributed by atoms with van der Waals surface area (Å²) >= 11 is 0. The van der Waals surface area contributed by atoms with E-state index in [9.17, 15) is 4.79 Å². The van der Waals surface area contributed by atoms with Gasteiger partial charge in [0.05, 0.1) is 5.69 Å². The molecular weight excluding hydrogens is 318 g/mol. The zero-order valence-corrected chi connectivity index (χ0v) is 17.6. The van der Waals surface area contributed by atoms with Gasteiger partial charge in [0, 0.05) is 6.92 Å². The van der Waals surface area contributed by atoms with Crippen LogP contribution in [0.5, 0.6) is 0 Å². The zero-order valence-electron chi connectivity index (χ0n) is 17.6. The lowest BCUT2D eigenvalue weighted by atomic mass is 9.98. The molecule has 0 atom stereocenters. The summed E-state index contributed by atoms with van der Waals surface area (Å²) in [7, 11) is 0. The number of rotatable bonds is 5. The summed E-state index contributed by atoms with van der Waals surface area (Å²) in [5.74, 6) is -0.0156. The van der Waals surface area contributed by atoms with Crippen LogP contribution in [0.4, 0.5) is 0 Å². The van der Waals surface area contributed by atoms with E-state index in [2.05, 4.69) is 50.5 Å². The molecule has 1 heterocycles. The number of nitrogens with zero attached hydrogens (tertiary/aromatic N) is 1. The molecular formula is C24H35NO. The van der Waals surface area contributed by atoms with Gasteiger partial charge in [0.15, 0.2) is 5.78 Å². The Hall–Kier alpha value is -2.22. The summed E-state index contributed by atoms with van der Waals surface area (Å²) < 4.78 is 0. The number of benzene rings is 1. The van der Waals surface area contributed by atoms with Gasteiger partial charge in [-0.25, -0.2) is 4.98 Å². The predicted octanol–water partition coefficient (Wildman–Crippen LogP) is 6.85. The zero-order chi connectivity index (χ0) is 20.1. The van der Waals surface area contributed by atoms with Crippen molar-refractivity contribution in [3.05, 3.63) is 71.1 Å². The smallest absolute Gasteiger partial charge is 0.178 e. The van der Waals surface area contributed by atoms with Gasteiger partial charge in [0.1, 0.15) is 5.69 Å². The van der Waals surface area contributed by atoms with Crippen molar-refractivity contribution in [3.63, 3.8) is 0 Å². The summed E-state index contributed by atoms with van der Waals surface area (Å²) in [5.41, 5.74) is 6.68. The molecule has 26 heavy (non-hydrogen) atoms. The summed E-state index contributed by atoms with van der Waals surface area (Å²) in [5, 5.41) is 0. The Kier molecular flexibility index (Phi) is 11.9. The van der Waals surface area contributed by atoms with Crippen molar-refractivity contribution >= 4 is 11.4 Å². The molecule has 0 amide bonds. The molecule has 142 valence electrons. The van der Waals surface area contributed by atoms with Crippen LogP contribution >= 0.6 is 0 Å². The van der Waals surface area contributed by atoms with Crippen molar-refractivity contribution in [2.75, 3.05) is 0 Å². The van der Waals surface area contributed by atoms with Crippen molar-refractivity contribution in [2.45, 2.75) is 67.7 Å². The highest BCUT2D eigenvalue weighted by molar-refractivity contribution is 5.92. The van der Waals surface area contributed by atoms with Crippen LogP contribution in [0, 0.1) is 6.92 Å². The van der Waals surface area contributed by atoms with Crippen molar-refractivity contribution in [1.82, 2.24) is 4.98 Å². The van der Waals surface area contributed by atoms with Gasteiger partial charge in [0.25, 0.3) is 0 Å². The lowest BCUT2D eigenvalue weighted by Gasteiger charge is -2.08. The van der Waals surface area contributed by atoms with Gasteiger partial charge in [-0.2, -0.15) is 0 Å². The minimum atomic E-state index is -0.0156. The molecule has 0 saturated heterocycles. The quantitative estimate of drug-likeness (QED) is 0.550. The Balaban J connectivity index is 0.000000439. The van der Waals surface area contributed by atoms with Gasteiger partial charge in [0.2, 0.25) is 0 Å². The summed E-state index contributed by atoms with van der Waals surface area (Å²) in [6.45, 7) is 17.8. The molecule has 2 rings (SSSR count). The third-order valence-electron chi connectivity index (χ3n) is 4.01. The number of aromatic nitrogens is 1. The highest BCUT2D eigenvalue weighted by atomic mass is 16.1. The maximum absolute atomic E-state index is 10.9. The van der Waals surface area contributed by atoms with Gasteiger partial charge in [-0.05, 0) is 61.1 Å². The molecule has 0 bridgehead atoms. The lowest BCUT2D eigenvalue weighted by Crippen LogP contribution is -1.98. The van der Waals surface area contributed by atoms with E-state index in [1.165, 1.54) is 36.5 Å². The second kappa shape index (κ2) is 13.0. The Bertz CT molecular complexity index is 672. The predicted molar refractivity (Wildman–Crippen MR) is 115 cm³/mol. The minimum absolute atomic E-state index is 0.0156. The number of Topliss-reactive ketones (excluding diaryl/α,β-unsaturated/α-hetero) is 1. The topological polar surface area (TPSA) is 30.0 Å². The van der Waals surface area contributed by atoms with Crippen LogP contribution in [-0.4, -0.2) is 10.8 Å². The number of hydrogen-bond donors (Lipinski definition) is 0. The first kappa shape index (κ1) is 23.8. The molecule has 1 aromatic carbocycles. The molecule has 0 aliphatic rings. The molecule has 2 nitrogen and oxygen atoms in total. The SMILES string of the molecule is C=C(C)c1cccc(C(C)=O)n1.CC.CCCc1cccc(CC)c1C. The highest BCUT2D eigenvalue weighted by Crippen LogP contribution is 2.15. The van der Waals surface area contributed by atoms with Gasteiger partial charge in [-0.15, -0.1) is 0 Å². The van der Waals surface area contributed by atoms with Gasteiger partial charge >= 0.3 is 0 Å². The van der Waals surface area contributed by atoms with Crippen molar-refractivity contribution in [2.24, 2.45) is 0 Å². The molecule has 0 aliphatic heterocycles. The van der Waals surface area contributed by atoms with Crippen LogP contribution in [0.2, 0.25) is 0 Å². The summed E-state index contributed by atoms with van der Waals surface area (Å²) in [6.07, 6.45) is 3.62. The number of ketones is 1. The lowest BCUT2D eigenvalue weighted by molar-refractivity contribution is 0.101. The summed E-state index contributed by atoms with van der Waals surface area (Å²) in [6, 6.07) is 12.0. The largest absolute Gasteiger partial charge is 0.293 e. The van der Waals surface area contributed by atoms with Crippen LogP contribution in [0.3, 0.4) is 0 Å². The number of aryl methyl sites for hydroxylation is 2. The van der Waals surface area contributed by atoms with Gasteiger partial charge in [-0.1, -0.05) is 65.0 Å². The Morgan fingerprint density at radius 2 is 1.50 bits per heavy atom. The molecule has 2 aromatic rings. The molecule has 0 fully saturated rings. The third-order valence-corrected chi connectivity index (χ3v) is 4.01. The van der Waals surface area contributed by atoms with Crippen LogP contribution in [-0.2, 0) is 12.8 Å². The van der Waals surface area contributed by atoms with Gasteiger partial charge in [-0.3, -0.25) is 4.79 Å². The first-order valence-corrected chi connectivity index (χ1v) is 9.61. The molecule has 1 aromatic heterocycles. The summed E-state index contributed by atoms with van der Waals surface area (Å²) in [4.78, 5) is 15.1. The van der Waals surface area contributed by atoms with E-state index in [0.717, 1.165) is 17.7 Å². The molecule has 0 radical (unpaired) electrons. The first-order chi connectivity index (χ1) is 12.4. The molecule has 0 unspecified atom stereocenters. The first-order valence-electron chi connectivity index (χ1n) is 9.61. The van der Waals surface area contributed by atoms with E-state index in [1.807, 2.05) is 32.9 Å². The van der Waals surface area contributed by atoms with Crippen molar-refractivity contribution in [1.29, 1.82) is 0 Å². The van der Waals surface area contributed by atoms with E-state index < -0.39 is 0 Å². The molecule has 2 heteroatoms. The van der Waals surface area contributed by atoms with E-state index >= 15 is 0 Å². The van der Waals surface area contributed by atoms with E-state index in [1.54, 1.807) is 6.07 Å². The van der Waals surface area contributed by atoms with Gasteiger partial charge < -0.3 is 0 Å². The second-order valence-corrected chi connectivity index (χ2v) is 6.05. The van der Waals surface area contributed by atoms with Crippen molar-refractivity contribution < 1.29 is 4.79 Å². The number of carbonyl (C=O) groups is 1. The Morgan fingerprint density at radius 1 is 0.962 bits per heavy atom. The Morgan fingerprint density at radius 3 is 2.00 bits per heavy atom. The maximum atomic E-state index is 10.9. The number of hydrogen-bond acceptors (Lipinski definition) is 2. The van der Waals surface area contributed by atoms with Crippen LogP contribution in [0.25, 0.3) is 5.57 Å². The number of pyridine rings is 1. The molecule has 0 saturated carbocycles. The number of allylic oxidation sites excluding steroid dienone is 1. The maximum Gasteiger partial charge on any atom is 0.178 e. The van der Waals surface area contributed by atoms with Crippen LogP contribution in [0.15, 0.2) is 43.0 Å². The third kappa shape index (κ3) is 7.77. The van der Waals surface area contributed by atoms with Crippen LogP contribution in [0.1, 0.15) is 80.8 Å². The average Bonchev–Trinajstić information content (AvgIpc) is 2.66. The fourth-order valence-electron chi connectivity index (χ4n) is 2.53. The fourth-order valence-corrected chi connectivity index (χ4v) is 2.53. The second-order valence-electron chi connectivity index (χ2n) is 6.05. The van der Waals surface area contributed by atoms with E-state index in [0.29, 0.717) is 5.69 Å². The minimum Gasteiger partial charge on any atom is -0.293 e. The Labute approximate surface area is 160 Å². The van der Waals surface area contributed by atoms with Crippen molar-refractivity contribution in [3.8, 4) is 0 Å². The molecule has 0 spiro atoms. The van der Waals surface area contributed by atoms with Crippen LogP contribution < -0.4 is 0 Å². The average molecular weight is 354 g/mol. The number of carbonyl (C=O) groups excluding carboxylic acids is 1. The fraction of sp³-hybridized carbons (Fsp3) is 0.417. The standard InChI is InChI=1S/C12H18.C10H11NO.C2H6/c1-4-7-12-9-6-8-11(5-2)10(12)3;1-7(2)9-5-4-6-10(11-9)8(3)12;1-2/h6,8-9H,4-5,7H2,1-3H3;4-6H,1H2,2-3H3;1-2H3. The molecule has 0 aliphatic carbocycles. The van der Waals surface area contributed by atoms with E-state index in [-0.39, 0.29) is 5.78 Å². The van der Waals surface area contributed by atoms with E-state index in [4.69, 9.17) is 0 Å². The molecule has 0 N–H and O–H groups in total. The highest BCUT2D eigenvalue weighted by Gasteiger charge is 2.02. The normalized spacial score (nSPS) is 9.35. The monoisotopic (exact) mass is 353 g/mol.